The highest BCUT2D eigenvalue weighted by atomic mass is 16.5. The molecular formula is C20H23NO5. The van der Waals surface area contributed by atoms with Gasteiger partial charge in [0.15, 0.2) is 11.5 Å². The number of phenols is 1. The molecule has 2 N–H and O–H groups in total. The standard InChI is InChI=1S/C20H23NO5/c1-26-19-10-9-15(12-18(19)23)6-5-11-21(16-7-3-2-4-8-16)17(14-22)13-20(24)25/h2-4,7-10,12,14,17,23H,5-6,11,13H2,1H3,(H,24,25)/t17-/m1/s1. The predicted molar refractivity (Wildman–Crippen MR) is 98.9 cm³/mol. The minimum Gasteiger partial charge on any atom is -0.504 e. The minimum absolute atomic E-state index is 0.0848. The summed E-state index contributed by atoms with van der Waals surface area (Å²) in [5.74, 6) is -0.508. The number of aryl methyl sites for hydroxylation is 1. The van der Waals surface area contributed by atoms with Crippen LogP contribution in [0.2, 0.25) is 0 Å². The molecule has 26 heavy (non-hydrogen) atoms. The fourth-order valence-electron chi connectivity index (χ4n) is 2.86. The molecule has 0 bridgehead atoms. The van der Waals surface area contributed by atoms with Gasteiger partial charge >= 0.3 is 5.97 Å². The lowest BCUT2D eigenvalue weighted by atomic mass is 10.1. The van der Waals surface area contributed by atoms with Crippen LogP contribution in [0.5, 0.6) is 11.5 Å². The highest BCUT2D eigenvalue weighted by Crippen LogP contribution is 2.27. The van der Waals surface area contributed by atoms with Gasteiger partial charge in [-0.1, -0.05) is 24.3 Å². The number of hydrogen-bond acceptors (Lipinski definition) is 5. The van der Waals surface area contributed by atoms with Gasteiger partial charge < -0.3 is 24.6 Å². The zero-order valence-electron chi connectivity index (χ0n) is 14.7. The van der Waals surface area contributed by atoms with Crippen LogP contribution < -0.4 is 9.64 Å². The number of anilines is 1. The summed E-state index contributed by atoms with van der Waals surface area (Å²) >= 11 is 0. The first-order chi connectivity index (χ1) is 12.5. The number of aldehydes is 1. The molecule has 1 atom stereocenters. The average molecular weight is 357 g/mol. The van der Waals surface area contributed by atoms with E-state index in [1.165, 1.54) is 7.11 Å². The maximum absolute atomic E-state index is 11.5. The van der Waals surface area contributed by atoms with Crippen molar-refractivity contribution in [2.75, 3.05) is 18.6 Å². The molecule has 138 valence electrons. The number of aliphatic carboxylic acids is 1. The highest BCUT2D eigenvalue weighted by Gasteiger charge is 2.21. The van der Waals surface area contributed by atoms with Crippen molar-refractivity contribution in [2.24, 2.45) is 0 Å². The summed E-state index contributed by atoms with van der Waals surface area (Å²) in [5.41, 5.74) is 1.75. The first kappa shape index (κ1) is 19.3. The summed E-state index contributed by atoms with van der Waals surface area (Å²) in [6, 6.07) is 13.8. The van der Waals surface area contributed by atoms with Crippen molar-refractivity contribution in [2.45, 2.75) is 25.3 Å². The lowest BCUT2D eigenvalue weighted by molar-refractivity contribution is -0.138. The second-order valence-corrected chi connectivity index (χ2v) is 5.94. The third-order valence-electron chi connectivity index (χ3n) is 4.14. The number of carbonyl (C=O) groups excluding carboxylic acids is 1. The maximum atomic E-state index is 11.5. The van der Waals surface area contributed by atoms with Gasteiger partial charge in [0.2, 0.25) is 0 Å². The van der Waals surface area contributed by atoms with Crippen LogP contribution in [-0.4, -0.2) is 42.2 Å². The number of hydrogen-bond donors (Lipinski definition) is 2. The fourth-order valence-corrected chi connectivity index (χ4v) is 2.86. The van der Waals surface area contributed by atoms with E-state index in [0.717, 1.165) is 11.3 Å². The number of aromatic hydroxyl groups is 1. The number of carbonyl (C=O) groups is 2. The fraction of sp³-hybridized carbons (Fsp3) is 0.300. The highest BCUT2D eigenvalue weighted by molar-refractivity contribution is 5.77. The van der Waals surface area contributed by atoms with Crippen LogP contribution >= 0.6 is 0 Å². The second kappa shape index (κ2) is 9.46. The molecule has 0 saturated heterocycles. The van der Waals surface area contributed by atoms with Crippen molar-refractivity contribution in [3.63, 3.8) is 0 Å². The molecule has 6 heteroatoms. The smallest absolute Gasteiger partial charge is 0.305 e. The molecule has 0 aliphatic heterocycles. The SMILES string of the molecule is COc1ccc(CCCN(c2ccccc2)[C@@H](C=O)CC(=O)O)cc1O. The van der Waals surface area contributed by atoms with E-state index >= 15 is 0 Å². The van der Waals surface area contributed by atoms with Gasteiger partial charge in [0, 0.05) is 12.2 Å². The summed E-state index contributed by atoms with van der Waals surface area (Å²) in [5, 5.41) is 18.9. The Morgan fingerprint density at radius 1 is 1.23 bits per heavy atom. The van der Waals surface area contributed by atoms with Gasteiger partial charge in [-0.25, -0.2) is 0 Å². The molecule has 0 unspecified atom stereocenters. The first-order valence-corrected chi connectivity index (χ1v) is 8.39. The Balaban J connectivity index is 2.08. The lowest BCUT2D eigenvalue weighted by Gasteiger charge is -2.29. The number of benzene rings is 2. The number of ether oxygens (including phenoxy) is 1. The van der Waals surface area contributed by atoms with Gasteiger partial charge in [0.25, 0.3) is 0 Å². The number of nitrogens with zero attached hydrogens (tertiary/aromatic N) is 1. The first-order valence-electron chi connectivity index (χ1n) is 8.39. The molecule has 0 spiro atoms. The Hall–Kier alpha value is -3.02. The van der Waals surface area contributed by atoms with Gasteiger partial charge in [-0.2, -0.15) is 0 Å². The molecule has 0 fully saturated rings. The zero-order valence-corrected chi connectivity index (χ0v) is 14.7. The Kier molecular flexibility index (Phi) is 7.02. The third kappa shape index (κ3) is 5.24. The van der Waals surface area contributed by atoms with Crippen LogP contribution in [0.25, 0.3) is 0 Å². The molecule has 0 saturated carbocycles. The molecule has 2 rings (SSSR count). The topological polar surface area (TPSA) is 87.1 Å². The summed E-state index contributed by atoms with van der Waals surface area (Å²) in [6.07, 6.45) is 1.81. The predicted octanol–water partition coefficient (Wildman–Crippen LogP) is 2.88. The molecule has 2 aromatic rings. The third-order valence-corrected chi connectivity index (χ3v) is 4.14. The molecule has 0 aromatic heterocycles. The van der Waals surface area contributed by atoms with Crippen LogP contribution in [0, 0.1) is 0 Å². The van der Waals surface area contributed by atoms with Crippen molar-refractivity contribution in [1.82, 2.24) is 0 Å². The van der Waals surface area contributed by atoms with E-state index in [4.69, 9.17) is 9.84 Å². The Morgan fingerprint density at radius 2 is 1.96 bits per heavy atom. The van der Waals surface area contributed by atoms with Gasteiger partial charge in [-0.05, 0) is 42.7 Å². The zero-order chi connectivity index (χ0) is 18.9. The molecule has 6 nitrogen and oxygen atoms in total. The summed E-state index contributed by atoms with van der Waals surface area (Å²) in [7, 11) is 1.49. The number of rotatable bonds is 10. The molecule has 0 aliphatic carbocycles. The van der Waals surface area contributed by atoms with Crippen molar-refractivity contribution < 1.29 is 24.5 Å². The quantitative estimate of drug-likeness (QED) is 0.636. The van der Waals surface area contributed by atoms with Gasteiger partial charge in [-0.3, -0.25) is 4.79 Å². The van der Waals surface area contributed by atoms with E-state index < -0.39 is 12.0 Å². The molecule has 2 aromatic carbocycles. The van der Waals surface area contributed by atoms with Gasteiger partial charge in [0.05, 0.1) is 19.6 Å². The summed E-state index contributed by atoms with van der Waals surface area (Å²) in [4.78, 5) is 24.3. The molecule has 0 radical (unpaired) electrons. The molecule has 0 aliphatic rings. The van der Waals surface area contributed by atoms with E-state index in [-0.39, 0.29) is 12.2 Å². The molecule has 0 heterocycles. The Morgan fingerprint density at radius 3 is 2.54 bits per heavy atom. The average Bonchev–Trinajstić information content (AvgIpc) is 2.64. The van der Waals surface area contributed by atoms with Crippen molar-refractivity contribution in [3.8, 4) is 11.5 Å². The Labute approximate surface area is 152 Å². The normalized spacial score (nSPS) is 11.6. The van der Waals surface area contributed by atoms with Gasteiger partial charge in [-0.15, -0.1) is 0 Å². The van der Waals surface area contributed by atoms with E-state index in [0.29, 0.717) is 31.4 Å². The molecule has 0 amide bonds. The van der Waals surface area contributed by atoms with E-state index in [1.807, 2.05) is 41.3 Å². The number of phenolic OH excluding ortho intramolecular Hbond substituents is 1. The van der Waals surface area contributed by atoms with Crippen molar-refractivity contribution >= 4 is 17.9 Å². The largest absolute Gasteiger partial charge is 0.504 e. The molecular weight excluding hydrogens is 334 g/mol. The van der Waals surface area contributed by atoms with Crippen LogP contribution in [0.3, 0.4) is 0 Å². The van der Waals surface area contributed by atoms with Crippen molar-refractivity contribution in [3.05, 3.63) is 54.1 Å². The minimum atomic E-state index is -1.01. The van der Waals surface area contributed by atoms with E-state index in [9.17, 15) is 14.7 Å². The maximum Gasteiger partial charge on any atom is 0.305 e. The van der Waals surface area contributed by atoms with Crippen LogP contribution in [-0.2, 0) is 16.0 Å². The number of carboxylic acid groups (broad SMARTS) is 1. The summed E-state index contributed by atoms with van der Waals surface area (Å²) < 4.78 is 5.03. The van der Waals surface area contributed by atoms with Crippen molar-refractivity contribution in [1.29, 1.82) is 0 Å². The number of methoxy groups -OCH3 is 1. The number of para-hydroxylation sites is 1. The monoisotopic (exact) mass is 357 g/mol. The second-order valence-electron chi connectivity index (χ2n) is 5.94. The van der Waals surface area contributed by atoms with Crippen LogP contribution in [0.4, 0.5) is 5.69 Å². The van der Waals surface area contributed by atoms with Crippen LogP contribution in [0.1, 0.15) is 18.4 Å². The van der Waals surface area contributed by atoms with Crippen LogP contribution in [0.15, 0.2) is 48.5 Å². The Bertz CT molecular complexity index is 732. The number of carboxylic acids is 1. The van der Waals surface area contributed by atoms with E-state index in [1.54, 1.807) is 12.1 Å². The lowest BCUT2D eigenvalue weighted by Crippen LogP contribution is -2.39. The van der Waals surface area contributed by atoms with E-state index in [2.05, 4.69) is 0 Å². The van der Waals surface area contributed by atoms with Gasteiger partial charge in [0.1, 0.15) is 6.29 Å². The summed E-state index contributed by atoms with van der Waals surface area (Å²) in [6.45, 7) is 0.521.